The third-order valence-corrected chi connectivity index (χ3v) is 3.41. The smallest absolute Gasteiger partial charge is 0.200 e. The highest BCUT2D eigenvalue weighted by Crippen LogP contribution is 2.33. The maximum Gasteiger partial charge on any atom is 0.200 e. The highest BCUT2D eigenvalue weighted by Gasteiger charge is 2.15. The molecule has 3 aromatic rings. The largest absolute Gasteiger partial charge is 0.234 e. The number of aryl methyl sites for hydroxylation is 1. The molecule has 0 aliphatic heterocycles. The average Bonchev–Trinajstić information content (AvgIpc) is 2.48. The van der Waals surface area contributed by atoms with Crippen molar-refractivity contribution in [1.82, 2.24) is 19.9 Å². The van der Waals surface area contributed by atoms with Crippen LogP contribution in [0.15, 0.2) is 42.7 Å². The highest BCUT2D eigenvalue weighted by molar-refractivity contribution is 6.37. The predicted octanol–water partition coefficient (Wildman–Crippen LogP) is 4.22. The number of hydrogen-bond donors (Lipinski definition) is 0. The predicted molar refractivity (Wildman–Crippen MR) is 83.3 cm³/mol. The molecule has 2 aromatic heterocycles. The molecule has 0 atom stereocenters. The zero-order chi connectivity index (χ0) is 14.8. The molecule has 21 heavy (non-hydrogen) atoms. The van der Waals surface area contributed by atoms with Gasteiger partial charge >= 0.3 is 0 Å². The Labute approximate surface area is 131 Å². The van der Waals surface area contributed by atoms with Gasteiger partial charge in [-0.1, -0.05) is 53.5 Å². The molecule has 0 saturated heterocycles. The Morgan fingerprint density at radius 2 is 1.38 bits per heavy atom. The van der Waals surface area contributed by atoms with Crippen LogP contribution in [0.2, 0.25) is 10.3 Å². The van der Waals surface area contributed by atoms with Gasteiger partial charge in [-0.3, -0.25) is 0 Å². The molecule has 0 saturated carbocycles. The quantitative estimate of drug-likeness (QED) is 0.664. The van der Waals surface area contributed by atoms with Gasteiger partial charge in [0.15, 0.2) is 5.82 Å². The standard InChI is InChI=1S/C15H10Cl2N4/c1-9-7-18-14(19-8-9)15-20-12(16)11(13(17)21-15)10-5-3-2-4-6-10/h2-8H,1H3. The van der Waals surface area contributed by atoms with Crippen LogP contribution < -0.4 is 0 Å². The lowest BCUT2D eigenvalue weighted by Gasteiger charge is -2.07. The number of hydrogen-bond acceptors (Lipinski definition) is 4. The van der Waals surface area contributed by atoms with Crippen LogP contribution in [0.4, 0.5) is 0 Å². The van der Waals surface area contributed by atoms with E-state index in [0.717, 1.165) is 11.1 Å². The maximum absolute atomic E-state index is 6.26. The van der Waals surface area contributed by atoms with Crippen LogP contribution in [-0.4, -0.2) is 19.9 Å². The number of halogens is 2. The molecule has 0 unspecified atom stereocenters. The van der Waals surface area contributed by atoms with Gasteiger partial charge in [-0.05, 0) is 18.1 Å². The molecule has 4 nitrogen and oxygen atoms in total. The molecule has 0 N–H and O–H groups in total. The molecular weight excluding hydrogens is 307 g/mol. The topological polar surface area (TPSA) is 51.6 Å². The average molecular weight is 317 g/mol. The minimum absolute atomic E-state index is 0.278. The van der Waals surface area contributed by atoms with Crippen molar-refractivity contribution in [2.24, 2.45) is 0 Å². The van der Waals surface area contributed by atoms with Crippen molar-refractivity contribution in [2.45, 2.75) is 6.92 Å². The van der Waals surface area contributed by atoms with E-state index in [1.165, 1.54) is 0 Å². The third kappa shape index (κ3) is 2.86. The second-order valence-electron chi connectivity index (χ2n) is 4.45. The van der Waals surface area contributed by atoms with E-state index in [0.29, 0.717) is 17.2 Å². The van der Waals surface area contributed by atoms with E-state index in [2.05, 4.69) is 19.9 Å². The number of benzene rings is 1. The highest BCUT2D eigenvalue weighted by atomic mass is 35.5. The van der Waals surface area contributed by atoms with Gasteiger partial charge in [-0.25, -0.2) is 19.9 Å². The van der Waals surface area contributed by atoms with Crippen LogP contribution >= 0.6 is 23.2 Å². The van der Waals surface area contributed by atoms with Gasteiger partial charge in [0.05, 0.1) is 5.56 Å². The van der Waals surface area contributed by atoms with Gasteiger partial charge in [-0.2, -0.15) is 0 Å². The molecule has 6 heteroatoms. The first-order chi connectivity index (χ1) is 10.1. The van der Waals surface area contributed by atoms with Crippen molar-refractivity contribution in [1.29, 1.82) is 0 Å². The molecule has 0 fully saturated rings. The first kappa shape index (κ1) is 13.9. The molecule has 0 amide bonds. The third-order valence-electron chi connectivity index (χ3n) is 2.86. The van der Waals surface area contributed by atoms with Gasteiger partial charge in [-0.15, -0.1) is 0 Å². The van der Waals surface area contributed by atoms with Crippen molar-refractivity contribution >= 4 is 23.2 Å². The Bertz CT molecular complexity index is 750. The van der Waals surface area contributed by atoms with E-state index in [4.69, 9.17) is 23.2 Å². The minimum atomic E-state index is 0.278. The first-order valence-corrected chi connectivity index (χ1v) is 6.98. The SMILES string of the molecule is Cc1cnc(-c2nc(Cl)c(-c3ccccc3)c(Cl)n2)nc1. The fourth-order valence-corrected chi connectivity index (χ4v) is 2.46. The van der Waals surface area contributed by atoms with Gasteiger partial charge in [0.25, 0.3) is 0 Å². The molecule has 0 aliphatic rings. The lowest BCUT2D eigenvalue weighted by atomic mass is 10.1. The van der Waals surface area contributed by atoms with E-state index in [-0.39, 0.29) is 10.3 Å². The fraction of sp³-hybridized carbons (Fsp3) is 0.0667. The van der Waals surface area contributed by atoms with E-state index in [1.807, 2.05) is 37.3 Å². The Morgan fingerprint density at radius 1 is 0.810 bits per heavy atom. The van der Waals surface area contributed by atoms with E-state index >= 15 is 0 Å². The lowest BCUT2D eigenvalue weighted by Crippen LogP contribution is -1.98. The summed E-state index contributed by atoms with van der Waals surface area (Å²) in [4.78, 5) is 16.9. The zero-order valence-electron chi connectivity index (χ0n) is 11.1. The molecule has 0 bridgehead atoms. The van der Waals surface area contributed by atoms with Crippen molar-refractivity contribution < 1.29 is 0 Å². The second-order valence-corrected chi connectivity index (χ2v) is 5.17. The van der Waals surface area contributed by atoms with Gasteiger partial charge in [0.2, 0.25) is 5.82 Å². The summed E-state index contributed by atoms with van der Waals surface area (Å²) in [6, 6.07) is 9.52. The van der Waals surface area contributed by atoms with Crippen molar-refractivity contribution in [2.75, 3.05) is 0 Å². The van der Waals surface area contributed by atoms with Gasteiger partial charge in [0.1, 0.15) is 10.3 Å². The van der Waals surface area contributed by atoms with Crippen LogP contribution in [0, 0.1) is 6.92 Å². The van der Waals surface area contributed by atoms with E-state index in [1.54, 1.807) is 12.4 Å². The van der Waals surface area contributed by atoms with Gasteiger partial charge < -0.3 is 0 Å². The normalized spacial score (nSPS) is 10.6. The van der Waals surface area contributed by atoms with Crippen LogP contribution in [0.1, 0.15) is 5.56 Å². The summed E-state index contributed by atoms with van der Waals surface area (Å²) >= 11 is 12.5. The summed E-state index contributed by atoms with van der Waals surface area (Å²) in [5.41, 5.74) is 2.43. The Balaban J connectivity index is 2.10. The van der Waals surface area contributed by atoms with Crippen molar-refractivity contribution in [3.05, 3.63) is 58.6 Å². The van der Waals surface area contributed by atoms with Gasteiger partial charge in [0, 0.05) is 12.4 Å². The molecule has 104 valence electrons. The molecule has 0 radical (unpaired) electrons. The molecular formula is C15H10Cl2N4. The van der Waals surface area contributed by atoms with E-state index < -0.39 is 0 Å². The Morgan fingerprint density at radius 3 is 1.95 bits per heavy atom. The summed E-state index contributed by atoms with van der Waals surface area (Å²) < 4.78 is 0. The Hall–Kier alpha value is -2.04. The summed E-state index contributed by atoms with van der Waals surface area (Å²) in [7, 11) is 0. The van der Waals surface area contributed by atoms with Crippen LogP contribution in [0.3, 0.4) is 0 Å². The summed E-state index contributed by atoms with van der Waals surface area (Å²) in [5, 5.41) is 0.556. The first-order valence-electron chi connectivity index (χ1n) is 6.22. The molecule has 0 spiro atoms. The summed E-state index contributed by atoms with van der Waals surface area (Å²) in [6.45, 7) is 1.91. The molecule has 1 aromatic carbocycles. The summed E-state index contributed by atoms with van der Waals surface area (Å²) in [5.74, 6) is 0.702. The van der Waals surface area contributed by atoms with Crippen molar-refractivity contribution in [3.63, 3.8) is 0 Å². The number of nitrogens with zero attached hydrogens (tertiary/aromatic N) is 4. The maximum atomic E-state index is 6.26. The fourth-order valence-electron chi connectivity index (χ4n) is 1.86. The minimum Gasteiger partial charge on any atom is -0.234 e. The number of aromatic nitrogens is 4. The number of rotatable bonds is 2. The molecule has 2 heterocycles. The van der Waals surface area contributed by atoms with Crippen LogP contribution in [0.5, 0.6) is 0 Å². The van der Waals surface area contributed by atoms with Crippen LogP contribution in [-0.2, 0) is 0 Å². The molecule has 3 rings (SSSR count). The molecule has 0 aliphatic carbocycles. The zero-order valence-corrected chi connectivity index (χ0v) is 12.6. The second kappa shape index (κ2) is 5.76. The lowest BCUT2D eigenvalue weighted by molar-refractivity contribution is 1.06. The van der Waals surface area contributed by atoms with E-state index in [9.17, 15) is 0 Å². The van der Waals surface area contributed by atoms with Crippen molar-refractivity contribution in [3.8, 4) is 22.8 Å². The Kier molecular flexibility index (Phi) is 3.82. The van der Waals surface area contributed by atoms with Crippen LogP contribution in [0.25, 0.3) is 22.8 Å². The monoisotopic (exact) mass is 316 g/mol. The summed E-state index contributed by atoms with van der Waals surface area (Å²) in [6.07, 6.45) is 3.39.